The number of ether oxygens (including phenoxy) is 1. The Hall–Kier alpha value is -1.39. The summed E-state index contributed by atoms with van der Waals surface area (Å²) < 4.78 is 5.86. The summed E-state index contributed by atoms with van der Waals surface area (Å²) in [7, 11) is 0. The van der Waals surface area contributed by atoms with Crippen LogP contribution in [-0.2, 0) is 16.0 Å². The normalized spacial score (nSPS) is 28.3. The maximum atomic E-state index is 12.7. The van der Waals surface area contributed by atoms with Crippen molar-refractivity contribution in [1.29, 1.82) is 0 Å². The molecule has 1 aromatic rings. The van der Waals surface area contributed by atoms with Crippen molar-refractivity contribution in [3.05, 3.63) is 35.4 Å². The van der Waals surface area contributed by atoms with E-state index >= 15 is 0 Å². The first kappa shape index (κ1) is 15.5. The molecule has 0 aliphatic carbocycles. The van der Waals surface area contributed by atoms with Gasteiger partial charge in [-0.3, -0.25) is 4.79 Å². The number of carbonyl (C=O) groups excluding carboxylic acids is 1. The summed E-state index contributed by atoms with van der Waals surface area (Å²) in [5.41, 5.74) is 2.46. The Morgan fingerprint density at radius 2 is 2.18 bits per heavy atom. The van der Waals surface area contributed by atoms with Gasteiger partial charge in [-0.05, 0) is 43.2 Å². The molecular weight excluding hydrogens is 278 g/mol. The number of hydrogen-bond acceptors (Lipinski definition) is 3. The molecule has 22 heavy (non-hydrogen) atoms. The molecule has 3 atom stereocenters. The van der Waals surface area contributed by atoms with Crippen LogP contribution in [0.4, 0.5) is 0 Å². The first-order valence-electron chi connectivity index (χ1n) is 8.28. The van der Waals surface area contributed by atoms with E-state index in [2.05, 4.69) is 19.1 Å². The van der Waals surface area contributed by atoms with E-state index in [9.17, 15) is 9.90 Å². The zero-order valence-electron chi connectivity index (χ0n) is 13.2. The standard InChI is InChI=1S/C18H25NO3/c1-13-6-7-14(12-20)11-19(13)18(21)10-17-16-5-3-2-4-15(16)8-9-22-17/h2-5,13-14,17,20H,6-12H2,1H3. The van der Waals surface area contributed by atoms with Crippen LogP contribution in [0.2, 0.25) is 0 Å². The molecule has 0 spiro atoms. The Balaban J connectivity index is 1.69. The Morgan fingerprint density at radius 3 is 3.00 bits per heavy atom. The Bertz CT molecular complexity index is 531. The molecule has 1 amide bonds. The fraction of sp³-hybridized carbons (Fsp3) is 0.611. The van der Waals surface area contributed by atoms with E-state index in [-0.39, 0.29) is 30.6 Å². The smallest absolute Gasteiger partial charge is 0.225 e. The van der Waals surface area contributed by atoms with Gasteiger partial charge in [-0.25, -0.2) is 0 Å². The van der Waals surface area contributed by atoms with E-state index in [0.717, 1.165) is 24.8 Å². The number of rotatable bonds is 3. The van der Waals surface area contributed by atoms with Gasteiger partial charge >= 0.3 is 0 Å². The van der Waals surface area contributed by atoms with E-state index in [1.54, 1.807) is 0 Å². The van der Waals surface area contributed by atoms with E-state index in [1.807, 2.05) is 17.0 Å². The molecule has 0 bridgehead atoms. The quantitative estimate of drug-likeness (QED) is 0.932. The molecule has 2 heterocycles. The van der Waals surface area contributed by atoms with Crippen LogP contribution in [0.15, 0.2) is 24.3 Å². The van der Waals surface area contributed by atoms with Crippen molar-refractivity contribution in [3.63, 3.8) is 0 Å². The van der Waals surface area contributed by atoms with Crippen molar-refractivity contribution < 1.29 is 14.6 Å². The lowest BCUT2D eigenvalue weighted by atomic mass is 9.92. The second-order valence-corrected chi connectivity index (χ2v) is 6.53. The Morgan fingerprint density at radius 1 is 1.36 bits per heavy atom. The number of likely N-dealkylation sites (tertiary alicyclic amines) is 1. The summed E-state index contributed by atoms with van der Waals surface area (Å²) in [6, 6.07) is 8.51. The molecule has 4 nitrogen and oxygen atoms in total. The molecule has 0 aromatic heterocycles. The zero-order valence-corrected chi connectivity index (χ0v) is 13.2. The molecule has 0 saturated carbocycles. The number of benzene rings is 1. The summed E-state index contributed by atoms with van der Waals surface area (Å²) in [5, 5.41) is 9.37. The summed E-state index contributed by atoms with van der Waals surface area (Å²) >= 11 is 0. The maximum Gasteiger partial charge on any atom is 0.225 e. The monoisotopic (exact) mass is 303 g/mol. The molecule has 120 valence electrons. The molecular formula is C18H25NO3. The maximum absolute atomic E-state index is 12.7. The van der Waals surface area contributed by atoms with Gasteiger partial charge in [0.1, 0.15) is 0 Å². The minimum Gasteiger partial charge on any atom is -0.396 e. The van der Waals surface area contributed by atoms with Crippen LogP contribution in [0, 0.1) is 5.92 Å². The van der Waals surface area contributed by atoms with Crippen LogP contribution in [0.1, 0.15) is 43.4 Å². The number of amides is 1. The van der Waals surface area contributed by atoms with E-state index in [0.29, 0.717) is 19.6 Å². The molecule has 1 aromatic carbocycles. The summed E-state index contributed by atoms with van der Waals surface area (Å²) in [6.45, 7) is 3.62. The number of aliphatic hydroxyl groups is 1. The summed E-state index contributed by atoms with van der Waals surface area (Å²) in [6.07, 6.45) is 3.18. The number of carbonyl (C=O) groups is 1. The molecule has 4 heteroatoms. The van der Waals surface area contributed by atoms with Crippen molar-refractivity contribution in [2.24, 2.45) is 5.92 Å². The van der Waals surface area contributed by atoms with Gasteiger partial charge in [-0.15, -0.1) is 0 Å². The molecule has 2 aliphatic heterocycles. The second-order valence-electron chi connectivity index (χ2n) is 6.53. The third-order valence-corrected chi connectivity index (χ3v) is 5.01. The third kappa shape index (κ3) is 3.18. The highest BCUT2D eigenvalue weighted by Crippen LogP contribution is 2.31. The van der Waals surface area contributed by atoms with Gasteiger partial charge in [0.2, 0.25) is 5.91 Å². The number of piperidine rings is 1. The summed E-state index contributed by atoms with van der Waals surface area (Å²) in [5.74, 6) is 0.368. The van der Waals surface area contributed by atoms with Crippen molar-refractivity contribution in [1.82, 2.24) is 4.90 Å². The second kappa shape index (κ2) is 6.80. The van der Waals surface area contributed by atoms with Crippen LogP contribution in [0.25, 0.3) is 0 Å². The summed E-state index contributed by atoms with van der Waals surface area (Å²) in [4.78, 5) is 14.6. The molecule has 3 unspecified atom stereocenters. The van der Waals surface area contributed by atoms with Crippen molar-refractivity contribution in [3.8, 4) is 0 Å². The lowest BCUT2D eigenvalue weighted by Gasteiger charge is -2.38. The van der Waals surface area contributed by atoms with Gasteiger partial charge in [0.15, 0.2) is 0 Å². The highest BCUT2D eigenvalue weighted by atomic mass is 16.5. The first-order valence-corrected chi connectivity index (χ1v) is 8.28. The number of fused-ring (bicyclic) bond motifs is 1. The van der Waals surface area contributed by atoms with Gasteiger partial charge < -0.3 is 14.7 Å². The predicted molar refractivity (Wildman–Crippen MR) is 84.4 cm³/mol. The van der Waals surface area contributed by atoms with Crippen LogP contribution in [-0.4, -0.2) is 41.7 Å². The number of hydrogen-bond donors (Lipinski definition) is 1. The number of aliphatic hydroxyl groups excluding tert-OH is 1. The minimum absolute atomic E-state index is 0.126. The van der Waals surface area contributed by atoms with E-state index < -0.39 is 0 Å². The van der Waals surface area contributed by atoms with Crippen LogP contribution < -0.4 is 0 Å². The lowest BCUT2D eigenvalue weighted by molar-refractivity contribution is -0.139. The highest BCUT2D eigenvalue weighted by molar-refractivity contribution is 5.77. The van der Waals surface area contributed by atoms with Crippen molar-refractivity contribution >= 4 is 5.91 Å². The molecule has 3 rings (SSSR count). The zero-order chi connectivity index (χ0) is 15.5. The van der Waals surface area contributed by atoms with E-state index in [4.69, 9.17) is 4.74 Å². The first-order chi connectivity index (χ1) is 10.7. The van der Waals surface area contributed by atoms with Gasteiger partial charge in [0.05, 0.1) is 19.1 Å². The fourth-order valence-corrected chi connectivity index (χ4v) is 3.60. The molecule has 1 N–H and O–H groups in total. The lowest BCUT2D eigenvalue weighted by Crippen LogP contribution is -2.46. The highest BCUT2D eigenvalue weighted by Gasteiger charge is 2.31. The topological polar surface area (TPSA) is 49.8 Å². The van der Waals surface area contributed by atoms with E-state index in [1.165, 1.54) is 5.56 Å². The van der Waals surface area contributed by atoms with Gasteiger partial charge in [-0.2, -0.15) is 0 Å². The molecule has 1 saturated heterocycles. The van der Waals surface area contributed by atoms with Crippen LogP contribution in [0.3, 0.4) is 0 Å². The molecule has 2 aliphatic rings. The average Bonchev–Trinajstić information content (AvgIpc) is 2.55. The predicted octanol–water partition coefficient (Wildman–Crippen LogP) is 2.31. The Labute approximate surface area is 132 Å². The third-order valence-electron chi connectivity index (χ3n) is 5.01. The van der Waals surface area contributed by atoms with Crippen LogP contribution in [0.5, 0.6) is 0 Å². The molecule has 0 radical (unpaired) electrons. The van der Waals surface area contributed by atoms with Crippen molar-refractivity contribution in [2.75, 3.05) is 19.8 Å². The minimum atomic E-state index is -0.126. The number of nitrogens with zero attached hydrogens (tertiary/aromatic N) is 1. The fourth-order valence-electron chi connectivity index (χ4n) is 3.60. The Kier molecular flexibility index (Phi) is 4.79. The average molecular weight is 303 g/mol. The van der Waals surface area contributed by atoms with Crippen LogP contribution >= 0.6 is 0 Å². The SMILES string of the molecule is CC1CCC(CO)CN1C(=O)CC1OCCc2ccccc21. The van der Waals surface area contributed by atoms with Crippen molar-refractivity contribution in [2.45, 2.75) is 44.8 Å². The van der Waals surface area contributed by atoms with Gasteiger partial charge in [0.25, 0.3) is 0 Å². The molecule has 1 fully saturated rings. The van der Waals surface area contributed by atoms with Gasteiger partial charge in [-0.1, -0.05) is 24.3 Å². The largest absolute Gasteiger partial charge is 0.396 e. The van der Waals surface area contributed by atoms with Gasteiger partial charge in [0, 0.05) is 19.2 Å².